The van der Waals surface area contributed by atoms with Gasteiger partial charge in [-0.2, -0.15) is 9.61 Å². The molecule has 3 aromatic rings. The molecular formula is C20H25N5O2. The fourth-order valence-electron chi connectivity index (χ4n) is 3.56. The summed E-state index contributed by atoms with van der Waals surface area (Å²) >= 11 is 0. The van der Waals surface area contributed by atoms with E-state index in [1.807, 2.05) is 22.7 Å². The summed E-state index contributed by atoms with van der Waals surface area (Å²) in [6.07, 6.45) is 1.79. The number of nitrogens with zero attached hydrogens (tertiary/aromatic N) is 5. The third-order valence-corrected chi connectivity index (χ3v) is 4.92. The molecule has 0 spiro atoms. The lowest BCUT2D eigenvalue weighted by Crippen LogP contribution is -2.46. The van der Waals surface area contributed by atoms with Crippen LogP contribution in [0.15, 0.2) is 42.6 Å². The highest BCUT2D eigenvalue weighted by Gasteiger charge is 2.20. The van der Waals surface area contributed by atoms with Crippen LogP contribution in [0, 0.1) is 0 Å². The Labute approximate surface area is 159 Å². The molecule has 7 heteroatoms. The minimum atomic E-state index is 0.504. The third-order valence-electron chi connectivity index (χ3n) is 4.92. The van der Waals surface area contributed by atoms with Crippen molar-refractivity contribution in [2.75, 3.05) is 45.3 Å². The van der Waals surface area contributed by atoms with Crippen molar-refractivity contribution >= 4 is 11.5 Å². The van der Waals surface area contributed by atoms with Gasteiger partial charge in [0.15, 0.2) is 5.65 Å². The second-order valence-electron chi connectivity index (χ2n) is 6.75. The summed E-state index contributed by atoms with van der Waals surface area (Å²) < 4.78 is 12.5. The Balaban J connectivity index is 1.46. The molecule has 0 saturated carbocycles. The molecule has 0 N–H and O–H groups in total. The maximum absolute atomic E-state index is 5.33. The molecule has 0 radical (unpaired) electrons. The first-order valence-corrected chi connectivity index (χ1v) is 9.19. The van der Waals surface area contributed by atoms with E-state index in [0.717, 1.165) is 55.6 Å². The van der Waals surface area contributed by atoms with Crippen LogP contribution in [-0.2, 0) is 17.9 Å². The van der Waals surface area contributed by atoms with Crippen molar-refractivity contribution in [3.05, 3.63) is 53.9 Å². The third kappa shape index (κ3) is 3.89. The molecule has 3 heterocycles. The number of anilines is 1. The second-order valence-corrected chi connectivity index (χ2v) is 6.75. The molecule has 2 aromatic heterocycles. The van der Waals surface area contributed by atoms with Crippen LogP contribution in [0.1, 0.15) is 11.3 Å². The first-order valence-electron chi connectivity index (χ1n) is 9.19. The van der Waals surface area contributed by atoms with E-state index in [2.05, 4.69) is 38.1 Å². The minimum Gasteiger partial charge on any atom is -0.497 e. The van der Waals surface area contributed by atoms with Gasteiger partial charge in [-0.3, -0.25) is 4.90 Å². The molecule has 0 amide bonds. The van der Waals surface area contributed by atoms with Gasteiger partial charge in [-0.25, -0.2) is 4.98 Å². The molecule has 7 nitrogen and oxygen atoms in total. The van der Waals surface area contributed by atoms with Gasteiger partial charge in [0, 0.05) is 52.0 Å². The monoisotopic (exact) mass is 367 g/mol. The molecule has 0 unspecified atom stereocenters. The molecule has 1 aliphatic heterocycles. The van der Waals surface area contributed by atoms with Crippen LogP contribution in [0.4, 0.5) is 5.82 Å². The molecule has 4 rings (SSSR count). The number of piperazine rings is 1. The predicted molar refractivity (Wildman–Crippen MR) is 104 cm³/mol. The lowest BCUT2D eigenvalue weighted by Gasteiger charge is -2.36. The fraction of sp³-hybridized carbons (Fsp3) is 0.400. The van der Waals surface area contributed by atoms with E-state index in [4.69, 9.17) is 9.47 Å². The normalized spacial score (nSPS) is 15.4. The van der Waals surface area contributed by atoms with Crippen molar-refractivity contribution in [2.45, 2.75) is 13.2 Å². The smallest absolute Gasteiger partial charge is 0.157 e. The van der Waals surface area contributed by atoms with E-state index in [1.54, 1.807) is 20.4 Å². The van der Waals surface area contributed by atoms with Crippen LogP contribution in [0.25, 0.3) is 5.65 Å². The van der Waals surface area contributed by atoms with Crippen LogP contribution < -0.4 is 9.64 Å². The Morgan fingerprint density at radius 1 is 1.04 bits per heavy atom. The number of rotatable bonds is 6. The lowest BCUT2D eigenvalue weighted by molar-refractivity contribution is 0.181. The second kappa shape index (κ2) is 7.94. The average molecular weight is 367 g/mol. The van der Waals surface area contributed by atoms with Crippen LogP contribution in [-0.4, -0.2) is 59.9 Å². The summed E-state index contributed by atoms with van der Waals surface area (Å²) in [6.45, 7) is 5.35. The lowest BCUT2D eigenvalue weighted by atomic mass is 10.2. The van der Waals surface area contributed by atoms with E-state index in [9.17, 15) is 0 Å². The number of fused-ring (bicyclic) bond motifs is 1. The van der Waals surface area contributed by atoms with Crippen LogP contribution in [0.2, 0.25) is 0 Å². The molecule has 1 fully saturated rings. The number of methoxy groups -OCH3 is 2. The zero-order chi connectivity index (χ0) is 18.6. The van der Waals surface area contributed by atoms with E-state index in [-0.39, 0.29) is 0 Å². The predicted octanol–water partition coefficient (Wildman–Crippen LogP) is 2.21. The average Bonchev–Trinajstić information content (AvgIpc) is 3.17. The summed E-state index contributed by atoms with van der Waals surface area (Å²) in [7, 11) is 3.40. The molecule has 0 atom stereocenters. The summed E-state index contributed by atoms with van der Waals surface area (Å²) in [5, 5.41) is 4.45. The van der Waals surface area contributed by atoms with E-state index in [0.29, 0.717) is 6.61 Å². The van der Waals surface area contributed by atoms with Crippen molar-refractivity contribution in [2.24, 2.45) is 0 Å². The molecule has 0 bridgehead atoms. The fourth-order valence-corrected chi connectivity index (χ4v) is 3.56. The topological polar surface area (TPSA) is 55.1 Å². The maximum atomic E-state index is 5.33. The highest BCUT2D eigenvalue weighted by atomic mass is 16.5. The summed E-state index contributed by atoms with van der Waals surface area (Å²) in [5.41, 5.74) is 3.07. The van der Waals surface area contributed by atoms with Crippen molar-refractivity contribution in [1.82, 2.24) is 19.5 Å². The highest BCUT2D eigenvalue weighted by Crippen LogP contribution is 2.21. The molecule has 0 aliphatic carbocycles. The zero-order valence-corrected chi connectivity index (χ0v) is 15.8. The number of hydrogen-bond donors (Lipinski definition) is 0. The van der Waals surface area contributed by atoms with Crippen LogP contribution >= 0.6 is 0 Å². The van der Waals surface area contributed by atoms with Gasteiger partial charge in [-0.15, -0.1) is 0 Å². The molecule has 142 valence electrons. The molecule has 1 aromatic carbocycles. The molecule has 27 heavy (non-hydrogen) atoms. The molecule has 1 aliphatic rings. The Hall–Kier alpha value is -2.64. The van der Waals surface area contributed by atoms with Crippen molar-refractivity contribution < 1.29 is 9.47 Å². The summed E-state index contributed by atoms with van der Waals surface area (Å²) in [6, 6.07) is 12.3. The Morgan fingerprint density at radius 2 is 1.89 bits per heavy atom. The number of aromatic nitrogens is 3. The first-order chi connectivity index (χ1) is 13.3. The van der Waals surface area contributed by atoms with Gasteiger partial charge < -0.3 is 14.4 Å². The van der Waals surface area contributed by atoms with Crippen molar-refractivity contribution in [3.63, 3.8) is 0 Å². The Morgan fingerprint density at radius 3 is 2.67 bits per heavy atom. The van der Waals surface area contributed by atoms with E-state index < -0.39 is 0 Å². The van der Waals surface area contributed by atoms with Crippen molar-refractivity contribution in [1.29, 1.82) is 0 Å². The first kappa shape index (κ1) is 17.8. The zero-order valence-electron chi connectivity index (χ0n) is 15.8. The van der Waals surface area contributed by atoms with Crippen LogP contribution in [0.5, 0.6) is 5.75 Å². The van der Waals surface area contributed by atoms with Gasteiger partial charge in [0.1, 0.15) is 11.6 Å². The molecular weight excluding hydrogens is 342 g/mol. The van der Waals surface area contributed by atoms with Gasteiger partial charge in [0.05, 0.1) is 25.6 Å². The minimum absolute atomic E-state index is 0.504. The summed E-state index contributed by atoms with van der Waals surface area (Å²) in [5.74, 6) is 1.99. The molecule has 1 saturated heterocycles. The van der Waals surface area contributed by atoms with E-state index >= 15 is 0 Å². The van der Waals surface area contributed by atoms with Gasteiger partial charge in [-0.05, 0) is 17.7 Å². The van der Waals surface area contributed by atoms with E-state index in [1.165, 1.54) is 5.56 Å². The maximum Gasteiger partial charge on any atom is 0.157 e. The Bertz CT molecular complexity index is 902. The van der Waals surface area contributed by atoms with Gasteiger partial charge >= 0.3 is 0 Å². The number of benzene rings is 1. The van der Waals surface area contributed by atoms with Gasteiger partial charge in [-0.1, -0.05) is 12.1 Å². The SMILES string of the molecule is COCc1cc(N2CCN(Cc3cccc(OC)c3)CC2)n2nccc2n1. The number of hydrogen-bond acceptors (Lipinski definition) is 6. The number of ether oxygens (including phenoxy) is 2. The van der Waals surface area contributed by atoms with Crippen LogP contribution in [0.3, 0.4) is 0 Å². The summed E-state index contributed by atoms with van der Waals surface area (Å²) in [4.78, 5) is 9.45. The van der Waals surface area contributed by atoms with Gasteiger partial charge in [0.2, 0.25) is 0 Å². The van der Waals surface area contributed by atoms with Gasteiger partial charge in [0.25, 0.3) is 0 Å². The highest BCUT2D eigenvalue weighted by molar-refractivity contribution is 5.51. The largest absolute Gasteiger partial charge is 0.497 e. The van der Waals surface area contributed by atoms with Crippen molar-refractivity contribution in [3.8, 4) is 5.75 Å². The Kier molecular flexibility index (Phi) is 5.22. The standard InChI is InChI=1S/C20H25N5O2/c1-26-15-17-13-20(25-19(22-17)6-7-21-25)24-10-8-23(9-11-24)14-16-4-3-5-18(12-16)27-2/h3-7,12-13H,8-11,14-15H2,1-2H3. The quantitative estimate of drug-likeness (QED) is 0.666.